The zero-order valence-electron chi connectivity index (χ0n) is 13.3. The number of hydrogen-bond donors (Lipinski definition) is 1. The van der Waals surface area contributed by atoms with Gasteiger partial charge in [-0.2, -0.15) is 0 Å². The Hall–Kier alpha value is -2.29. The zero-order chi connectivity index (χ0) is 15.8. The fourth-order valence-corrected chi connectivity index (χ4v) is 2.26. The van der Waals surface area contributed by atoms with E-state index in [0.717, 1.165) is 17.9 Å². The monoisotopic (exact) mass is 297 g/mol. The van der Waals surface area contributed by atoms with E-state index < -0.39 is 0 Å². The number of amides is 1. The highest BCUT2D eigenvalue weighted by Gasteiger charge is 2.03. The summed E-state index contributed by atoms with van der Waals surface area (Å²) in [5.74, 6) is 1.45. The van der Waals surface area contributed by atoms with Gasteiger partial charge in [0.1, 0.15) is 11.5 Å². The van der Waals surface area contributed by atoms with Crippen molar-refractivity contribution >= 4 is 5.91 Å². The van der Waals surface area contributed by atoms with Gasteiger partial charge < -0.3 is 10.1 Å². The van der Waals surface area contributed by atoms with E-state index in [-0.39, 0.29) is 5.91 Å². The maximum absolute atomic E-state index is 11.5. The van der Waals surface area contributed by atoms with E-state index in [2.05, 4.69) is 24.4 Å². The highest BCUT2D eigenvalue weighted by Crippen LogP contribution is 2.22. The molecule has 2 aromatic rings. The van der Waals surface area contributed by atoms with Gasteiger partial charge in [0.15, 0.2) is 0 Å². The first-order chi connectivity index (χ1) is 10.7. The second-order valence-corrected chi connectivity index (χ2v) is 5.31. The molecule has 0 aromatic heterocycles. The summed E-state index contributed by atoms with van der Waals surface area (Å²) >= 11 is 0. The summed E-state index contributed by atoms with van der Waals surface area (Å²) in [7, 11) is 1.62. The summed E-state index contributed by atoms with van der Waals surface area (Å²) in [6.07, 6.45) is 4.87. The number of hydrogen-bond acceptors (Lipinski definition) is 2. The number of rotatable bonds is 7. The molecule has 1 N–H and O–H groups in total. The average Bonchev–Trinajstić information content (AvgIpc) is 2.57. The van der Waals surface area contributed by atoms with Crippen LogP contribution in [0.25, 0.3) is 0 Å². The van der Waals surface area contributed by atoms with Crippen LogP contribution in [0.4, 0.5) is 0 Å². The van der Waals surface area contributed by atoms with Gasteiger partial charge in [0.05, 0.1) is 0 Å². The quantitative estimate of drug-likeness (QED) is 0.760. The van der Waals surface area contributed by atoms with E-state index in [9.17, 15) is 4.79 Å². The first-order valence-electron chi connectivity index (χ1n) is 7.82. The summed E-state index contributed by atoms with van der Waals surface area (Å²) in [6, 6.07) is 15.3. The van der Waals surface area contributed by atoms with Crippen LogP contribution in [-0.4, -0.2) is 13.0 Å². The third-order valence-corrected chi connectivity index (χ3v) is 3.57. The Labute approximate surface area is 132 Å². The maximum Gasteiger partial charge on any atom is 0.251 e. The minimum Gasteiger partial charge on any atom is -0.457 e. The van der Waals surface area contributed by atoms with Crippen LogP contribution in [0.2, 0.25) is 0 Å². The fourth-order valence-electron chi connectivity index (χ4n) is 2.26. The Morgan fingerprint density at radius 1 is 0.955 bits per heavy atom. The number of nitrogens with one attached hydrogen (secondary N) is 1. The van der Waals surface area contributed by atoms with Crippen molar-refractivity contribution in [3.8, 4) is 11.5 Å². The van der Waals surface area contributed by atoms with Crippen molar-refractivity contribution in [2.75, 3.05) is 7.05 Å². The highest BCUT2D eigenvalue weighted by atomic mass is 16.5. The van der Waals surface area contributed by atoms with Crippen LogP contribution in [0, 0.1) is 0 Å². The molecule has 0 aliphatic rings. The predicted molar refractivity (Wildman–Crippen MR) is 89.6 cm³/mol. The van der Waals surface area contributed by atoms with Crippen LogP contribution in [0.1, 0.15) is 42.1 Å². The van der Waals surface area contributed by atoms with E-state index in [1.807, 2.05) is 12.1 Å². The van der Waals surface area contributed by atoms with Gasteiger partial charge in [-0.25, -0.2) is 0 Å². The van der Waals surface area contributed by atoms with Gasteiger partial charge in [0, 0.05) is 12.6 Å². The van der Waals surface area contributed by atoms with E-state index in [0.29, 0.717) is 5.56 Å². The maximum atomic E-state index is 11.5. The van der Waals surface area contributed by atoms with Crippen LogP contribution in [0.15, 0.2) is 48.5 Å². The molecule has 0 atom stereocenters. The molecule has 0 unspecified atom stereocenters. The smallest absolute Gasteiger partial charge is 0.251 e. The van der Waals surface area contributed by atoms with Crippen molar-refractivity contribution in [2.24, 2.45) is 0 Å². The third kappa shape index (κ3) is 4.62. The SMILES string of the molecule is CCCCCc1ccc(Oc2ccc(C(=O)NC)cc2)cc1. The fraction of sp³-hybridized carbons (Fsp3) is 0.316. The van der Waals surface area contributed by atoms with Crippen LogP contribution in [-0.2, 0) is 6.42 Å². The molecule has 0 aliphatic heterocycles. The van der Waals surface area contributed by atoms with Crippen LogP contribution in [0.3, 0.4) is 0 Å². The van der Waals surface area contributed by atoms with E-state index >= 15 is 0 Å². The van der Waals surface area contributed by atoms with Gasteiger partial charge in [0.2, 0.25) is 0 Å². The summed E-state index contributed by atoms with van der Waals surface area (Å²) in [4.78, 5) is 11.5. The van der Waals surface area contributed by atoms with Gasteiger partial charge in [-0.05, 0) is 54.8 Å². The lowest BCUT2D eigenvalue weighted by Crippen LogP contribution is -2.17. The molecule has 0 fully saturated rings. The largest absolute Gasteiger partial charge is 0.457 e. The Kier molecular flexibility index (Phi) is 6.01. The van der Waals surface area contributed by atoms with Crippen molar-refractivity contribution in [1.82, 2.24) is 5.32 Å². The second kappa shape index (κ2) is 8.23. The average molecular weight is 297 g/mol. The van der Waals surface area contributed by atoms with Crippen molar-refractivity contribution in [3.63, 3.8) is 0 Å². The molecule has 0 spiro atoms. The highest BCUT2D eigenvalue weighted by molar-refractivity contribution is 5.94. The van der Waals surface area contributed by atoms with Crippen LogP contribution < -0.4 is 10.1 Å². The molecule has 2 aromatic carbocycles. The van der Waals surface area contributed by atoms with Crippen LogP contribution >= 0.6 is 0 Å². The standard InChI is InChI=1S/C19H23NO2/c1-3-4-5-6-15-7-11-17(12-8-15)22-18-13-9-16(10-14-18)19(21)20-2/h7-14H,3-6H2,1-2H3,(H,20,21). The van der Waals surface area contributed by atoms with Gasteiger partial charge in [-0.1, -0.05) is 31.9 Å². The van der Waals surface area contributed by atoms with Crippen molar-refractivity contribution in [3.05, 3.63) is 59.7 Å². The minimum absolute atomic E-state index is 0.0945. The lowest BCUT2D eigenvalue weighted by Gasteiger charge is -2.08. The Morgan fingerprint density at radius 2 is 1.55 bits per heavy atom. The summed E-state index contributed by atoms with van der Waals surface area (Å²) < 4.78 is 5.80. The number of unbranched alkanes of at least 4 members (excludes halogenated alkanes) is 2. The zero-order valence-corrected chi connectivity index (χ0v) is 13.3. The van der Waals surface area contributed by atoms with Crippen molar-refractivity contribution in [1.29, 1.82) is 0 Å². The number of carbonyl (C=O) groups excluding carboxylic acids is 1. The summed E-state index contributed by atoms with van der Waals surface area (Å²) in [5.41, 5.74) is 1.97. The van der Waals surface area contributed by atoms with Gasteiger partial charge in [-0.15, -0.1) is 0 Å². The normalized spacial score (nSPS) is 10.3. The molecule has 0 aliphatic carbocycles. The van der Waals surface area contributed by atoms with Crippen molar-refractivity contribution < 1.29 is 9.53 Å². The molecule has 0 saturated carbocycles. The second-order valence-electron chi connectivity index (χ2n) is 5.31. The minimum atomic E-state index is -0.0945. The molecule has 3 nitrogen and oxygen atoms in total. The molecule has 0 heterocycles. The Balaban J connectivity index is 1.94. The van der Waals surface area contributed by atoms with E-state index in [1.165, 1.54) is 24.8 Å². The Morgan fingerprint density at radius 3 is 2.09 bits per heavy atom. The summed E-state index contributed by atoms with van der Waals surface area (Å²) in [5, 5.41) is 2.60. The molecule has 0 radical (unpaired) electrons. The lowest BCUT2D eigenvalue weighted by atomic mass is 10.1. The first-order valence-corrected chi connectivity index (χ1v) is 7.82. The number of benzene rings is 2. The number of carbonyl (C=O) groups is 1. The number of aryl methyl sites for hydroxylation is 1. The van der Waals surface area contributed by atoms with Crippen LogP contribution in [0.5, 0.6) is 11.5 Å². The molecule has 22 heavy (non-hydrogen) atoms. The van der Waals surface area contributed by atoms with E-state index in [4.69, 9.17) is 4.74 Å². The molecule has 1 amide bonds. The van der Waals surface area contributed by atoms with Gasteiger partial charge >= 0.3 is 0 Å². The molecule has 0 saturated heterocycles. The summed E-state index contributed by atoms with van der Waals surface area (Å²) in [6.45, 7) is 2.21. The first kappa shape index (κ1) is 16.1. The Bertz CT molecular complexity index is 588. The lowest BCUT2D eigenvalue weighted by molar-refractivity contribution is 0.0963. The third-order valence-electron chi connectivity index (χ3n) is 3.57. The molecule has 2 rings (SSSR count). The molecule has 0 bridgehead atoms. The predicted octanol–water partition coefficient (Wildman–Crippen LogP) is 4.57. The molecule has 116 valence electrons. The van der Waals surface area contributed by atoms with Gasteiger partial charge in [-0.3, -0.25) is 4.79 Å². The number of ether oxygens (including phenoxy) is 1. The van der Waals surface area contributed by atoms with E-state index in [1.54, 1.807) is 31.3 Å². The topological polar surface area (TPSA) is 38.3 Å². The molecular weight excluding hydrogens is 274 g/mol. The molecule has 3 heteroatoms. The van der Waals surface area contributed by atoms with Gasteiger partial charge in [0.25, 0.3) is 5.91 Å². The van der Waals surface area contributed by atoms with Crippen molar-refractivity contribution in [2.45, 2.75) is 32.6 Å². The molecular formula is C19H23NO2.